The Kier molecular flexibility index (Phi) is 6.39. The van der Waals surface area contributed by atoms with Crippen molar-refractivity contribution in [1.82, 2.24) is 9.97 Å². The van der Waals surface area contributed by atoms with Gasteiger partial charge in [0, 0.05) is 16.9 Å². The van der Waals surface area contributed by atoms with Gasteiger partial charge < -0.3 is 15.8 Å². The third-order valence-corrected chi connectivity index (χ3v) is 3.83. The molecule has 0 unspecified atom stereocenters. The van der Waals surface area contributed by atoms with Crippen molar-refractivity contribution in [3.8, 4) is 0 Å². The van der Waals surface area contributed by atoms with E-state index >= 15 is 0 Å². The van der Waals surface area contributed by atoms with E-state index in [2.05, 4.69) is 15.3 Å². The third kappa shape index (κ3) is 5.10. The molecule has 0 atom stereocenters. The maximum absolute atomic E-state index is 11.9. The van der Waals surface area contributed by atoms with E-state index in [1.807, 2.05) is 0 Å². The van der Waals surface area contributed by atoms with Gasteiger partial charge in [0.15, 0.2) is 5.16 Å². The van der Waals surface area contributed by atoms with Crippen LogP contribution in [0.5, 0.6) is 0 Å². The molecule has 0 aliphatic heterocycles. The first-order chi connectivity index (χ1) is 11.5. The van der Waals surface area contributed by atoms with Crippen LogP contribution in [0.15, 0.2) is 35.6 Å². The molecule has 1 heterocycles. The average molecular weight is 367 g/mol. The topological polar surface area (TPSA) is 107 Å². The van der Waals surface area contributed by atoms with Crippen LogP contribution in [0.4, 0.5) is 11.5 Å². The number of nitrogens with one attached hydrogen (secondary N) is 1. The number of carbonyl (C=O) groups excluding carboxylic acids is 2. The molecule has 9 heteroatoms. The Morgan fingerprint density at radius 1 is 1.42 bits per heavy atom. The number of ether oxygens (including phenoxy) is 1. The summed E-state index contributed by atoms with van der Waals surface area (Å²) in [5.41, 5.74) is 6.42. The Bertz CT molecular complexity index is 757. The van der Waals surface area contributed by atoms with Crippen LogP contribution in [-0.2, 0) is 9.53 Å². The molecule has 0 saturated carbocycles. The highest BCUT2D eigenvalue weighted by Gasteiger charge is 2.14. The van der Waals surface area contributed by atoms with Gasteiger partial charge in [0.2, 0.25) is 5.91 Å². The number of hydrogen-bond acceptors (Lipinski definition) is 7. The summed E-state index contributed by atoms with van der Waals surface area (Å²) >= 11 is 6.95. The van der Waals surface area contributed by atoms with Gasteiger partial charge in [0.25, 0.3) is 0 Å². The Morgan fingerprint density at radius 3 is 2.88 bits per heavy atom. The highest BCUT2D eigenvalue weighted by molar-refractivity contribution is 7.99. The minimum atomic E-state index is -0.578. The SMILES string of the molecule is CCOC(=O)c1cnc(SCC(=O)Nc2cccc(Cl)c2)nc1N. The van der Waals surface area contributed by atoms with Crippen LogP contribution in [0.3, 0.4) is 0 Å². The van der Waals surface area contributed by atoms with Gasteiger partial charge in [0.1, 0.15) is 11.4 Å². The van der Waals surface area contributed by atoms with Crippen molar-refractivity contribution in [2.45, 2.75) is 12.1 Å². The predicted octanol–water partition coefficient (Wildman–Crippen LogP) is 2.62. The number of halogens is 1. The van der Waals surface area contributed by atoms with Crippen LogP contribution in [0.2, 0.25) is 5.02 Å². The lowest BCUT2D eigenvalue weighted by Gasteiger charge is -2.07. The van der Waals surface area contributed by atoms with Crippen molar-refractivity contribution in [3.05, 3.63) is 41.0 Å². The first-order valence-electron chi connectivity index (χ1n) is 6.97. The number of thioether (sulfide) groups is 1. The number of benzene rings is 1. The molecule has 0 spiro atoms. The summed E-state index contributed by atoms with van der Waals surface area (Å²) in [6.07, 6.45) is 1.29. The normalized spacial score (nSPS) is 10.2. The van der Waals surface area contributed by atoms with E-state index in [4.69, 9.17) is 22.1 Å². The quantitative estimate of drug-likeness (QED) is 0.459. The molecule has 0 saturated heterocycles. The van der Waals surface area contributed by atoms with Gasteiger partial charge in [-0.3, -0.25) is 4.79 Å². The van der Waals surface area contributed by atoms with Crippen LogP contribution in [0, 0.1) is 0 Å². The van der Waals surface area contributed by atoms with E-state index < -0.39 is 5.97 Å². The number of aromatic nitrogens is 2. The van der Waals surface area contributed by atoms with Gasteiger partial charge in [-0.05, 0) is 25.1 Å². The van der Waals surface area contributed by atoms with Crippen molar-refractivity contribution in [3.63, 3.8) is 0 Å². The lowest BCUT2D eigenvalue weighted by Crippen LogP contribution is -2.15. The Hall–Kier alpha value is -2.32. The van der Waals surface area contributed by atoms with Crippen LogP contribution < -0.4 is 11.1 Å². The van der Waals surface area contributed by atoms with Gasteiger partial charge in [-0.2, -0.15) is 0 Å². The van der Waals surface area contributed by atoms with Gasteiger partial charge in [-0.25, -0.2) is 14.8 Å². The predicted molar refractivity (Wildman–Crippen MR) is 93.2 cm³/mol. The first kappa shape index (κ1) is 18.0. The molecular weight excluding hydrogens is 352 g/mol. The molecule has 0 aliphatic carbocycles. The fourth-order valence-corrected chi connectivity index (χ4v) is 2.52. The summed E-state index contributed by atoms with van der Waals surface area (Å²) in [4.78, 5) is 31.5. The maximum Gasteiger partial charge on any atom is 0.343 e. The second kappa shape index (κ2) is 8.51. The molecule has 126 valence electrons. The highest BCUT2D eigenvalue weighted by Crippen LogP contribution is 2.19. The van der Waals surface area contributed by atoms with Gasteiger partial charge in [-0.15, -0.1) is 0 Å². The number of nitrogens with two attached hydrogens (primary N) is 1. The summed E-state index contributed by atoms with van der Waals surface area (Å²) in [6.45, 7) is 1.93. The smallest absolute Gasteiger partial charge is 0.343 e. The fraction of sp³-hybridized carbons (Fsp3) is 0.200. The van der Waals surface area contributed by atoms with E-state index in [-0.39, 0.29) is 29.6 Å². The number of rotatable bonds is 6. The molecule has 1 aromatic heterocycles. The maximum atomic E-state index is 11.9. The fourth-order valence-electron chi connectivity index (χ4n) is 1.71. The summed E-state index contributed by atoms with van der Waals surface area (Å²) in [6, 6.07) is 6.83. The largest absolute Gasteiger partial charge is 0.462 e. The Balaban J connectivity index is 1.93. The van der Waals surface area contributed by atoms with Crippen molar-refractivity contribution in [1.29, 1.82) is 0 Å². The standard InChI is InChI=1S/C15H15ClN4O3S/c1-2-23-14(22)11-7-18-15(20-13(11)17)24-8-12(21)19-10-5-3-4-9(16)6-10/h3-7H,2,8H2,1H3,(H,19,21)(H2,17,18,20). The highest BCUT2D eigenvalue weighted by atomic mass is 35.5. The minimum Gasteiger partial charge on any atom is -0.462 e. The molecule has 24 heavy (non-hydrogen) atoms. The molecule has 0 aliphatic rings. The molecule has 0 bridgehead atoms. The van der Waals surface area contributed by atoms with Crippen molar-refractivity contribution in [2.75, 3.05) is 23.4 Å². The molecule has 0 fully saturated rings. The number of nitrogen functional groups attached to an aromatic ring is 1. The average Bonchev–Trinajstić information content (AvgIpc) is 2.53. The van der Waals surface area contributed by atoms with Crippen molar-refractivity contribution < 1.29 is 14.3 Å². The number of hydrogen-bond donors (Lipinski definition) is 2. The summed E-state index contributed by atoms with van der Waals surface area (Å²) in [5, 5.41) is 3.54. The third-order valence-electron chi connectivity index (χ3n) is 2.73. The second-order valence-corrected chi connectivity index (χ2v) is 5.90. The number of carbonyl (C=O) groups is 2. The van der Waals surface area contributed by atoms with Crippen LogP contribution in [-0.4, -0.2) is 34.2 Å². The lowest BCUT2D eigenvalue weighted by molar-refractivity contribution is -0.113. The molecule has 1 aromatic carbocycles. The molecule has 3 N–H and O–H groups in total. The first-order valence-corrected chi connectivity index (χ1v) is 8.33. The number of esters is 1. The van der Waals surface area contributed by atoms with Gasteiger partial charge in [-0.1, -0.05) is 29.4 Å². The summed E-state index contributed by atoms with van der Waals surface area (Å²) in [7, 11) is 0. The van der Waals surface area contributed by atoms with Gasteiger partial charge in [0.05, 0.1) is 12.4 Å². The van der Waals surface area contributed by atoms with Crippen LogP contribution in [0.1, 0.15) is 17.3 Å². The molecule has 2 rings (SSSR count). The van der Waals surface area contributed by atoms with Crippen LogP contribution >= 0.6 is 23.4 Å². The van der Waals surface area contributed by atoms with E-state index in [9.17, 15) is 9.59 Å². The Morgan fingerprint density at radius 2 is 2.21 bits per heavy atom. The van der Waals surface area contributed by atoms with Crippen LogP contribution in [0.25, 0.3) is 0 Å². The molecule has 0 radical (unpaired) electrons. The van der Waals surface area contributed by atoms with Crippen molar-refractivity contribution in [2.24, 2.45) is 0 Å². The van der Waals surface area contributed by atoms with E-state index in [0.717, 1.165) is 11.8 Å². The van der Waals surface area contributed by atoms with E-state index in [1.54, 1.807) is 31.2 Å². The molecule has 2 aromatic rings. The van der Waals surface area contributed by atoms with E-state index in [0.29, 0.717) is 15.9 Å². The zero-order valence-corrected chi connectivity index (χ0v) is 14.4. The zero-order chi connectivity index (χ0) is 17.5. The number of nitrogens with zero attached hydrogens (tertiary/aromatic N) is 2. The number of amides is 1. The molecule has 7 nitrogen and oxygen atoms in total. The summed E-state index contributed by atoms with van der Waals surface area (Å²) in [5.74, 6) is -0.713. The number of anilines is 2. The zero-order valence-electron chi connectivity index (χ0n) is 12.8. The van der Waals surface area contributed by atoms with Crippen molar-refractivity contribution >= 4 is 46.7 Å². The monoisotopic (exact) mass is 366 g/mol. The summed E-state index contributed by atoms with van der Waals surface area (Å²) < 4.78 is 4.84. The molecular formula is C15H15ClN4O3S. The molecule has 1 amide bonds. The Labute approximate surface area is 148 Å². The lowest BCUT2D eigenvalue weighted by atomic mass is 10.3. The van der Waals surface area contributed by atoms with Gasteiger partial charge >= 0.3 is 5.97 Å². The van der Waals surface area contributed by atoms with E-state index in [1.165, 1.54) is 6.20 Å². The second-order valence-electron chi connectivity index (χ2n) is 4.52. The minimum absolute atomic E-state index is 0.0150.